The number of esters is 1. The summed E-state index contributed by atoms with van der Waals surface area (Å²) < 4.78 is 71.9. The molecular weight excluding hydrogens is 783 g/mol. The fourth-order valence-corrected chi connectivity index (χ4v) is 8.94. The number of benzene rings is 2. The van der Waals surface area contributed by atoms with Crippen LogP contribution in [-0.4, -0.2) is 92.8 Å². The zero-order chi connectivity index (χ0) is 40.3. The zero-order valence-electron chi connectivity index (χ0n) is 31.3. The smallest absolute Gasteiger partial charge is 0.465 e. The third-order valence-corrected chi connectivity index (χ3v) is 12.1. The van der Waals surface area contributed by atoms with Gasteiger partial charge in [-0.15, -0.1) is 0 Å². The number of phosphoric ester groups is 1. The number of nitrogen functional groups attached to an aromatic ring is 1. The van der Waals surface area contributed by atoms with Crippen molar-refractivity contribution in [2.75, 3.05) is 38.6 Å². The normalized spacial score (nSPS) is 21.8. The van der Waals surface area contributed by atoms with Gasteiger partial charge in [0.1, 0.15) is 29.5 Å². The molecule has 3 heterocycles. The van der Waals surface area contributed by atoms with Crippen LogP contribution in [0.5, 0.6) is 5.75 Å². The van der Waals surface area contributed by atoms with Crippen molar-refractivity contribution in [3.63, 3.8) is 0 Å². The molecule has 0 amide bonds. The number of likely N-dealkylation sites (N-methyl/N-ethyl adjacent to an activating group) is 1. The van der Waals surface area contributed by atoms with Crippen LogP contribution in [0.25, 0.3) is 21.9 Å². The number of alkyl halides is 1. The summed E-state index contributed by atoms with van der Waals surface area (Å²) in [7, 11) is -10.8. The molecule has 0 aliphatic carbocycles. The van der Waals surface area contributed by atoms with Crippen molar-refractivity contribution < 1.29 is 51.1 Å². The van der Waals surface area contributed by atoms with Gasteiger partial charge < -0.3 is 39.2 Å². The third-order valence-electron chi connectivity index (χ3n) is 8.71. The molecule has 0 saturated carbocycles. The summed E-state index contributed by atoms with van der Waals surface area (Å²) in [6.07, 6.45) is -5.58. The predicted octanol–water partition coefficient (Wildman–Crippen LogP) is 4.95. The van der Waals surface area contributed by atoms with Gasteiger partial charge in [0.25, 0.3) is 7.82 Å². The lowest BCUT2D eigenvalue weighted by Gasteiger charge is -2.31. The summed E-state index contributed by atoms with van der Waals surface area (Å²) in [5.41, 5.74) is 6.12. The van der Waals surface area contributed by atoms with Crippen LogP contribution in [0.2, 0.25) is 5.28 Å². The first kappa shape index (κ1) is 42.9. The number of nitrogens with two attached hydrogens (primary N) is 1. The number of aromatic nitrogens is 4. The molecule has 4 aromatic rings. The van der Waals surface area contributed by atoms with E-state index in [0.717, 1.165) is 24.0 Å². The van der Waals surface area contributed by atoms with Gasteiger partial charge in [-0.3, -0.25) is 13.9 Å². The van der Waals surface area contributed by atoms with Crippen LogP contribution in [0, 0.1) is 5.41 Å². The quantitative estimate of drug-likeness (QED) is 0.0727. The lowest BCUT2D eigenvalue weighted by Crippen LogP contribution is -2.37. The minimum atomic E-state index is -5.67. The summed E-state index contributed by atoms with van der Waals surface area (Å²) in [5, 5.41) is 14.0. The van der Waals surface area contributed by atoms with E-state index in [1.165, 1.54) is 6.92 Å². The van der Waals surface area contributed by atoms with Crippen LogP contribution in [0.15, 0.2) is 42.7 Å². The highest BCUT2D eigenvalue weighted by atomic mass is 35.5. The molecule has 1 aliphatic rings. The van der Waals surface area contributed by atoms with E-state index in [4.69, 9.17) is 40.2 Å². The largest absolute Gasteiger partial charge is 0.756 e. The first-order chi connectivity index (χ1) is 25.8. The molecule has 4 unspecified atom stereocenters. The van der Waals surface area contributed by atoms with Crippen LogP contribution >= 0.6 is 27.2 Å². The van der Waals surface area contributed by atoms with E-state index in [1.54, 1.807) is 30.3 Å². The molecule has 17 nitrogen and oxygen atoms in total. The molecule has 0 radical (unpaired) electrons. The Kier molecular flexibility index (Phi) is 13.6. The minimum absolute atomic E-state index is 0.000887. The molecule has 7 atom stereocenters. The number of anilines is 1. The average molecular weight is 829 g/mol. The van der Waals surface area contributed by atoms with Gasteiger partial charge in [0.05, 0.1) is 19.5 Å². The number of nitrogens with one attached hydrogen (secondary N) is 1. The number of nitrogens with zero attached hydrogens (tertiary/aromatic N) is 5. The van der Waals surface area contributed by atoms with Crippen molar-refractivity contribution in [1.82, 2.24) is 29.5 Å². The number of aliphatic hydroxyl groups is 1. The van der Waals surface area contributed by atoms with Gasteiger partial charge in [0.2, 0.25) is 5.28 Å². The van der Waals surface area contributed by atoms with Gasteiger partial charge in [0, 0.05) is 11.9 Å². The van der Waals surface area contributed by atoms with Gasteiger partial charge >= 0.3 is 13.7 Å². The third kappa shape index (κ3) is 10.6. The highest BCUT2D eigenvalue weighted by Gasteiger charge is 2.47. The maximum Gasteiger partial charge on any atom is 0.465 e. The first-order valence-corrected chi connectivity index (χ1v) is 21.0. The molecule has 55 heavy (non-hydrogen) atoms. The molecule has 302 valence electrons. The van der Waals surface area contributed by atoms with Crippen molar-refractivity contribution in [3.8, 4) is 5.75 Å². The number of halogens is 2. The van der Waals surface area contributed by atoms with E-state index < -0.39 is 64.2 Å². The molecule has 1 saturated heterocycles. The Morgan fingerprint density at radius 2 is 1.91 bits per heavy atom. The van der Waals surface area contributed by atoms with Crippen molar-refractivity contribution in [1.29, 1.82) is 0 Å². The molecule has 2 aromatic carbocycles. The van der Waals surface area contributed by atoms with Crippen molar-refractivity contribution in [2.24, 2.45) is 5.41 Å². The molecule has 0 bridgehead atoms. The highest BCUT2D eigenvalue weighted by molar-refractivity contribution is 7.63. The number of hydrogen-bond acceptors (Lipinski definition) is 15. The van der Waals surface area contributed by atoms with Crippen LogP contribution in [0.4, 0.5) is 10.2 Å². The van der Waals surface area contributed by atoms with Gasteiger partial charge in [0.15, 0.2) is 23.9 Å². The number of fused-ring (bicyclic) bond motifs is 2. The predicted molar refractivity (Wildman–Crippen MR) is 201 cm³/mol. The standard InChI is InChI=1S/C34H47ClFN7O10P2/c1-7-42(8-2)16-15-22-14-13-21-11-9-10-12-23(21)28(22)52-54(46,41-20(3)32(45)49-18-34(4,5)6)53-55(47,48)50-17-24-27(44)25(36)31(51-24)43-19-38-26-29(37)39-33(35)40-30(26)43/h9-14,19-20,24-25,27,31,44H,7-8,15-18H2,1-6H3,(H,41,46)(H,47,48)(H2,37,39,40)/p-1/t20-,24+,25?,27?,31+,54?/m0/s1. The Morgan fingerprint density at radius 3 is 2.60 bits per heavy atom. The van der Waals surface area contributed by atoms with Crippen LogP contribution in [-0.2, 0) is 38.7 Å². The van der Waals surface area contributed by atoms with E-state index in [0.29, 0.717) is 29.3 Å². The van der Waals surface area contributed by atoms with Crippen molar-refractivity contribution >= 4 is 60.9 Å². The fraction of sp³-hybridized carbons (Fsp3) is 0.529. The van der Waals surface area contributed by atoms with E-state index in [2.05, 4.69) is 24.9 Å². The Hall–Kier alpha value is -3.28. The number of imidazole rings is 1. The number of carbonyl (C=O) groups excluding carboxylic acids is 1. The molecule has 1 aliphatic heterocycles. The lowest BCUT2D eigenvalue weighted by atomic mass is 9.99. The topological polar surface area (TPSA) is 226 Å². The van der Waals surface area contributed by atoms with E-state index in [-0.39, 0.29) is 34.6 Å². The number of aliphatic hydroxyl groups excluding tert-OH is 1. The second kappa shape index (κ2) is 17.5. The SMILES string of the molecule is CCN(CC)CCc1ccc2ccccc2c1OP(=O)(N[C@@H](C)C(=O)OCC(C)(C)C)OP(=O)([O-])OC[C@H]1O[C@@H](n2cnc3c(N)nc(Cl)nc32)C(F)C1O. The summed E-state index contributed by atoms with van der Waals surface area (Å²) in [5.74, 6) is -0.874. The number of carbonyl (C=O) groups is 1. The van der Waals surface area contributed by atoms with E-state index in [9.17, 15) is 23.9 Å². The minimum Gasteiger partial charge on any atom is -0.756 e. The Morgan fingerprint density at radius 1 is 1.20 bits per heavy atom. The van der Waals surface area contributed by atoms with Gasteiger partial charge in [-0.2, -0.15) is 15.1 Å². The number of rotatable bonds is 17. The fourth-order valence-electron chi connectivity index (χ4n) is 5.78. The first-order valence-electron chi connectivity index (χ1n) is 17.6. The maximum atomic E-state index is 15.4. The molecule has 4 N–H and O–H groups in total. The molecule has 0 spiro atoms. The summed E-state index contributed by atoms with van der Waals surface area (Å²) >= 11 is 5.92. The Bertz CT molecular complexity index is 2080. The number of ether oxygens (including phenoxy) is 2. The summed E-state index contributed by atoms with van der Waals surface area (Å²) in [6, 6.07) is 9.28. The van der Waals surface area contributed by atoms with Crippen molar-refractivity contribution in [2.45, 2.75) is 78.6 Å². The monoisotopic (exact) mass is 828 g/mol. The Labute approximate surface area is 322 Å². The maximum absolute atomic E-state index is 15.4. The van der Waals surface area contributed by atoms with Crippen molar-refractivity contribution in [3.05, 3.63) is 53.6 Å². The number of phosphoric acid groups is 1. The molecule has 1 fully saturated rings. The summed E-state index contributed by atoms with van der Waals surface area (Å²) in [6.45, 7) is 12.0. The molecule has 5 rings (SSSR count). The van der Waals surface area contributed by atoms with Crippen LogP contribution < -0.4 is 20.2 Å². The molecule has 2 aromatic heterocycles. The van der Waals surface area contributed by atoms with E-state index in [1.807, 2.05) is 40.7 Å². The van der Waals surface area contributed by atoms with Gasteiger partial charge in [-0.1, -0.05) is 71.0 Å². The van der Waals surface area contributed by atoms with Crippen LogP contribution in [0.1, 0.15) is 53.3 Å². The average Bonchev–Trinajstić information content (AvgIpc) is 3.66. The lowest BCUT2D eigenvalue weighted by molar-refractivity contribution is -0.220. The number of hydrogen-bond donors (Lipinski definition) is 3. The van der Waals surface area contributed by atoms with Crippen LogP contribution in [0.3, 0.4) is 0 Å². The molecular formula is C34H46ClFN7O10P2-. The Balaban J connectivity index is 1.41. The second-order valence-corrected chi connectivity index (χ2v) is 17.8. The molecule has 21 heteroatoms. The zero-order valence-corrected chi connectivity index (χ0v) is 33.8. The van der Waals surface area contributed by atoms with E-state index >= 15 is 4.39 Å². The second-order valence-electron chi connectivity index (χ2n) is 14.2. The van der Waals surface area contributed by atoms with Gasteiger partial charge in [-0.05, 0) is 54.4 Å². The summed E-state index contributed by atoms with van der Waals surface area (Å²) in [4.78, 5) is 40.5. The highest BCUT2D eigenvalue weighted by Crippen LogP contribution is 2.59. The van der Waals surface area contributed by atoms with Gasteiger partial charge in [-0.25, -0.2) is 18.3 Å².